The Kier molecular flexibility index (Phi) is 8.16. The zero-order valence-corrected chi connectivity index (χ0v) is 15.8. The molecule has 0 amide bonds. The van der Waals surface area contributed by atoms with Crippen molar-refractivity contribution >= 4 is 10.1 Å². The quantitative estimate of drug-likeness (QED) is 0.711. The van der Waals surface area contributed by atoms with Gasteiger partial charge < -0.3 is 0 Å². The van der Waals surface area contributed by atoms with Crippen LogP contribution in [0.3, 0.4) is 0 Å². The molecule has 0 bridgehead atoms. The van der Waals surface area contributed by atoms with Crippen molar-refractivity contribution in [3.8, 4) is 0 Å². The minimum Gasteiger partial charge on any atom is -0.282 e. The smallest absolute Gasteiger partial charge is 0.282 e. The molecular weight excluding hydrogens is 320 g/mol. The fourth-order valence-corrected chi connectivity index (χ4v) is 2.70. The molecular formula is C20H28O3S. The average molecular weight is 349 g/mol. The lowest BCUT2D eigenvalue weighted by Gasteiger charge is -2.08. The molecule has 0 spiro atoms. The van der Waals surface area contributed by atoms with Gasteiger partial charge >= 0.3 is 0 Å². The number of hydrogen-bond donors (Lipinski definition) is 1. The summed E-state index contributed by atoms with van der Waals surface area (Å²) in [5.74, 6) is 1.12. The van der Waals surface area contributed by atoms with Gasteiger partial charge in [-0.15, -0.1) is 0 Å². The molecule has 3 nitrogen and oxygen atoms in total. The molecule has 0 radical (unpaired) electrons. The van der Waals surface area contributed by atoms with Gasteiger partial charge in [0, 0.05) is 0 Å². The molecule has 0 fully saturated rings. The summed E-state index contributed by atoms with van der Waals surface area (Å²) in [5, 5.41) is 0. The second-order valence-electron chi connectivity index (χ2n) is 6.07. The molecule has 24 heavy (non-hydrogen) atoms. The molecule has 0 heterocycles. The molecule has 1 N–H and O–H groups in total. The highest BCUT2D eigenvalue weighted by Gasteiger charge is 2.09. The Labute approximate surface area is 146 Å². The van der Waals surface area contributed by atoms with Crippen molar-refractivity contribution in [2.75, 3.05) is 0 Å². The van der Waals surface area contributed by atoms with Crippen LogP contribution in [0.2, 0.25) is 0 Å². The Balaban J connectivity index is 0.000000254. The van der Waals surface area contributed by atoms with Gasteiger partial charge in [0.15, 0.2) is 0 Å². The molecule has 0 aliphatic heterocycles. The van der Waals surface area contributed by atoms with E-state index >= 15 is 0 Å². The minimum absolute atomic E-state index is 0.0513. The highest BCUT2D eigenvalue weighted by Crippen LogP contribution is 2.20. The molecule has 4 heteroatoms. The molecule has 2 rings (SSSR count). The lowest BCUT2D eigenvalue weighted by Crippen LogP contribution is -1.98. The van der Waals surface area contributed by atoms with Crippen molar-refractivity contribution < 1.29 is 13.0 Å². The molecule has 2 aromatic carbocycles. The number of hydrogen-bond acceptors (Lipinski definition) is 2. The molecule has 132 valence electrons. The van der Waals surface area contributed by atoms with E-state index in [1.54, 1.807) is 12.1 Å². The van der Waals surface area contributed by atoms with Crippen LogP contribution in [0.4, 0.5) is 0 Å². The molecule has 0 aromatic heterocycles. The van der Waals surface area contributed by atoms with Crippen LogP contribution in [0, 0.1) is 0 Å². The van der Waals surface area contributed by atoms with E-state index in [2.05, 4.69) is 58.0 Å². The van der Waals surface area contributed by atoms with Gasteiger partial charge in [-0.05, 0) is 47.9 Å². The topological polar surface area (TPSA) is 54.4 Å². The van der Waals surface area contributed by atoms with E-state index in [0.29, 0.717) is 11.8 Å². The Morgan fingerprint density at radius 3 is 1.58 bits per heavy atom. The van der Waals surface area contributed by atoms with Crippen LogP contribution in [-0.4, -0.2) is 13.0 Å². The number of benzene rings is 2. The predicted molar refractivity (Wildman–Crippen MR) is 100 cm³/mol. The zero-order valence-electron chi connectivity index (χ0n) is 14.9. The van der Waals surface area contributed by atoms with E-state index in [-0.39, 0.29) is 4.90 Å². The Morgan fingerprint density at radius 1 is 0.792 bits per heavy atom. The first-order valence-corrected chi connectivity index (χ1v) is 9.85. The van der Waals surface area contributed by atoms with Gasteiger partial charge in [-0.1, -0.05) is 70.2 Å². The maximum absolute atomic E-state index is 10.7. The second-order valence-corrected chi connectivity index (χ2v) is 7.49. The first-order valence-electron chi connectivity index (χ1n) is 8.41. The Morgan fingerprint density at radius 2 is 1.21 bits per heavy atom. The first kappa shape index (κ1) is 20.4. The SMILES string of the molecule is CCC(C)c1ccc(S(=O)(=O)O)cc1.CCC(C)c1ccccc1. The van der Waals surface area contributed by atoms with Crippen LogP contribution >= 0.6 is 0 Å². The number of rotatable bonds is 5. The van der Waals surface area contributed by atoms with E-state index < -0.39 is 10.1 Å². The molecule has 0 aliphatic rings. The normalized spacial score (nSPS) is 13.5. The highest BCUT2D eigenvalue weighted by molar-refractivity contribution is 7.85. The Bertz CT molecular complexity index is 691. The van der Waals surface area contributed by atoms with Gasteiger partial charge in [0.1, 0.15) is 0 Å². The van der Waals surface area contributed by atoms with Crippen molar-refractivity contribution in [3.05, 3.63) is 65.7 Å². The summed E-state index contributed by atoms with van der Waals surface area (Å²) in [6, 6.07) is 17.0. The lowest BCUT2D eigenvalue weighted by atomic mass is 9.99. The maximum Gasteiger partial charge on any atom is 0.294 e. The first-order chi connectivity index (χ1) is 11.3. The third-order valence-corrected chi connectivity index (χ3v) is 5.21. The van der Waals surface area contributed by atoms with Crippen molar-refractivity contribution in [1.29, 1.82) is 0 Å². The van der Waals surface area contributed by atoms with Crippen LogP contribution in [-0.2, 0) is 10.1 Å². The standard InChI is InChI=1S/C10H14O3S.C10H14/c1-3-8(2)9-4-6-10(7-5-9)14(11,12)13;1-3-9(2)10-7-5-4-6-8-10/h4-8H,3H2,1-2H3,(H,11,12,13);4-9H,3H2,1-2H3. The summed E-state index contributed by atoms with van der Waals surface area (Å²) in [7, 11) is -4.05. The van der Waals surface area contributed by atoms with Crippen LogP contribution in [0.15, 0.2) is 59.5 Å². The molecule has 0 saturated carbocycles. The van der Waals surface area contributed by atoms with Crippen molar-refractivity contribution in [1.82, 2.24) is 0 Å². The lowest BCUT2D eigenvalue weighted by molar-refractivity contribution is 0.483. The van der Waals surface area contributed by atoms with Crippen LogP contribution < -0.4 is 0 Å². The maximum atomic E-state index is 10.7. The minimum atomic E-state index is -4.05. The van der Waals surface area contributed by atoms with E-state index in [1.807, 2.05) is 0 Å². The summed E-state index contributed by atoms with van der Waals surface area (Å²) in [6.45, 7) is 8.62. The van der Waals surface area contributed by atoms with E-state index in [1.165, 1.54) is 24.1 Å². The van der Waals surface area contributed by atoms with Gasteiger partial charge in [-0.3, -0.25) is 4.55 Å². The van der Waals surface area contributed by atoms with Crippen LogP contribution in [0.5, 0.6) is 0 Å². The molecule has 0 aliphatic carbocycles. The predicted octanol–water partition coefficient (Wildman–Crippen LogP) is 5.65. The van der Waals surface area contributed by atoms with Crippen molar-refractivity contribution in [2.24, 2.45) is 0 Å². The van der Waals surface area contributed by atoms with Gasteiger partial charge in [-0.2, -0.15) is 8.42 Å². The van der Waals surface area contributed by atoms with E-state index in [4.69, 9.17) is 4.55 Å². The fraction of sp³-hybridized carbons (Fsp3) is 0.400. The van der Waals surface area contributed by atoms with Crippen LogP contribution in [0.1, 0.15) is 63.5 Å². The van der Waals surface area contributed by atoms with Gasteiger partial charge in [0.05, 0.1) is 4.90 Å². The van der Waals surface area contributed by atoms with Gasteiger partial charge in [-0.25, -0.2) is 0 Å². The highest BCUT2D eigenvalue weighted by atomic mass is 32.2. The van der Waals surface area contributed by atoms with Crippen molar-refractivity contribution in [3.63, 3.8) is 0 Å². The largest absolute Gasteiger partial charge is 0.294 e. The molecule has 2 atom stereocenters. The third kappa shape index (κ3) is 6.46. The van der Waals surface area contributed by atoms with Crippen molar-refractivity contribution in [2.45, 2.75) is 57.3 Å². The summed E-state index contributed by atoms with van der Waals surface area (Å²) in [5.41, 5.74) is 2.53. The summed E-state index contributed by atoms with van der Waals surface area (Å²) in [6.07, 6.45) is 2.23. The molecule has 2 unspecified atom stereocenters. The van der Waals surface area contributed by atoms with E-state index in [9.17, 15) is 8.42 Å². The second kappa shape index (κ2) is 9.60. The fourth-order valence-electron chi connectivity index (χ4n) is 2.22. The third-order valence-electron chi connectivity index (χ3n) is 4.34. The van der Waals surface area contributed by atoms with Crippen LogP contribution in [0.25, 0.3) is 0 Å². The monoisotopic (exact) mass is 348 g/mol. The van der Waals surface area contributed by atoms with Gasteiger partial charge in [0.2, 0.25) is 0 Å². The molecule has 0 saturated heterocycles. The average Bonchev–Trinajstić information content (AvgIpc) is 2.61. The molecule has 2 aromatic rings. The van der Waals surface area contributed by atoms with E-state index in [0.717, 1.165) is 12.0 Å². The summed E-state index contributed by atoms with van der Waals surface area (Å²) < 4.78 is 30.2. The Hall–Kier alpha value is -1.65. The zero-order chi connectivity index (χ0) is 18.2. The summed E-state index contributed by atoms with van der Waals surface area (Å²) in [4.78, 5) is -0.0513. The summed E-state index contributed by atoms with van der Waals surface area (Å²) >= 11 is 0. The van der Waals surface area contributed by atoms with Gasteiger partial charge in [0.25, 0.3) is 10.1 Å².